The highest BCUT2D eigenvalue weighted by atomic mass is 14.3. The number of rotatable bonds is 2. The van der Waals surface area contributed by atoms with E-state index in [0.717, 1.165) is 23.7 Å². The van der Waals surface area contributed by atoms with Crippen LogP contribution in [0.2, 0.25) is 0 Å². The Labute approximate surface area is 95.1 Å². The maximum absolute atomic E-state index is 4.19. The molecule has 2 rings (SSSR count). The zero-order valence-corrected chi connectivity index (χ0v) is 9.96. The third-order valence-electron chi connectivity index (χ3n) is 4.71. The number of hydrogen-bond donors (Lipinski definition) is 0. The van der Waals surface area contributed by atoms with E-state index in [9.17, 15) is 0 Å². The predicted molar refractivity (Wildman–Crippen MR) is 66.5 cm³/mol. The fraction of sp³-hybridized carbons (Fsp3) is 0.800. The summed E-state index contributed by atoms with van der Waals surface area (Å²) in [5.41, 5.74) is 0. The van der Waals surface area contributed by atoms with Crippen LogP contribution in [0.5, 0.6) is 0 Å². The molecule has 0 aromatic carbocycles. The van der Waals surface area contributed by atoms with Crippen molar-refractivity contribution in [3.63, 3.8) is 0 Å². The van der Waals surface area contributed by atoms with Gasteiger partial charge in [0, 0.05) is 0 Å². The van der Waals surface area contributed by atoms with Gasteiger partial charge < -0.3 is 0 Å². The van der Waals surface area contributed by atoms with Crippen molar-refractivity contribution in [1.29, 1.82) is 0 Å². The van der Waals surface area contributed by atoms with Gasteiger partial charge in [-0.15, -0.1) is 6.58 Å². The molecule has 2 fully saturated rings. The molecule has 0 aliphatic heterocycles. The third-order valence-corrected chi connectivity index (χ3v) is 4.71. The average molecular weight is 205 g/mol. The van der Waals surface area contributed by atoms with Crippen LogP contribution < -0.4 is 0 Å². The summed E-state index contributed by atoms with van der Waals surface area (Å²) in [6.45, 7) is 8.11. The van der Waals surface area contributed by atoms with Crippen LogP contribution in [0.25, 0.3) is 0 Å². The van der Waals surface area contributed by atoms with E-state index < -0.39 is 0 Å². The molecule has 0 nitrogen and oxygen atoms in total. The second-order valence-electron chi connectivity index (χ2n) is 5.69. The Hall–Kier alpha value is -0.260. The second-order valence-corrected chi connectivity index (χ2v) is 5.69. The fourth-order valence-corrected chi connectivity index (χ4v) is 3.51. The van der Waals surface area contributed by atoms with E-state index in [1.165, 1.54) is 51.4 Å². The van der Waals surface area contributed by atoms with Crippen molar-refractivity contribution in [2.75, 3.05) is 0 Å². The zero-order chi connectivity index (χ0) is 10.7. The van der Waals surface area contributed by atoms with Crippen LogP contribution >= 0.6 is 0 Å². The summed E-state index contributed by atoms with van der Waals surface area (Å²) >= 11 is 0. The van der Waals surface area contributed by atoms with Gasteiger partial charge in [-0.05, 0) is 62.2 Å². The lowest BCUT2D eigenvalue weighted by Crippen LogP contribution is -2.24. The number of hydrogen-bond acceptors (Lipinski definition) is 0. The van der Waals surface area contributed by atoms with Crippen molar-refractivity contribution >= 4 is 0 Å². The Bertz CT molecular complexity index is 190. The fourth-order valence-electron chi connectivity index (χ4n) is 3.51. The summed E-state index contributed by atoms with van der Waals surface area (Å²) < 4.78 is 0. The van der Waals surface area contributed by atoms with Crippen LogP contribution in [0, 0.1) is 30.6 Å². The Morgan fingerprint density at radius 1 is 0.733 bits per heavy atom. The molecule has 2 aliphatic carbocycles. The molecule has 0 atom stereocenters. The van der Waals surface area contributed by atoms with Crippen LogP contribution in [0.3, 0.4) is 0 Å². The molecule has 1 radical (unpaired) electrons. The Morgan fingerprint density at radius 3 is 1.67 bits per heavy atom. The van der Waals surface area contributed by atoms with Crippen LogP contribution in [0.15, 0.2) is 12.7 Å². The van der Waals surface area contributed by atoms with Crippen LogP contribution in [-0.4, -0.2) is 0 Å². The Kier molecular flexibility index (Phi) is 3.88. The lowest BCUT2D eigenvalue weighted by Gasteiger charge is -2.36. The first kappa shape index (κ1) is 11.2. The molecule has 0 heterocycles. The van der Waals surface area contributed by atoms with E-state index in [0.29, 0.717) is 0 Å². The molecule has 2 saturated carbocycles. The maximum Gasteiger partial charge on any atom is -0.0236 e. The first-order chi connectivity index (χ1) is 7.29. The smallest absolute Gasteiger partial charge is 0.0236 e. The highest BCUT2D eigenvalue weighted by Gasteiger charge is 2.28. The lowest BCUT2D eigenvalue weighted by molar-refractivity contribution is 0.166. The van der Waals surface area contributed by atoms with E-state index in [1.54, 1.807) is 0 Å². The third kappa shape index (κ3) is 2.86. The largest absolute Gasteiger partial charge is 0.103 e. The molecule has 2 aliphatic rings. The molecule has 0 heteroatoms. The summed E-state index contributed by atoms with van der Waals surface area (Å²) in [7, 11) is 0. The highest BCUT2D eigenvalue weighted by molar-refractivity contribution is 4.87. The zero-order valence-electron chi connectivity index (χ0n) is 9.96. The van der Waals surface area contributed by atoms with E-state index in [2.05, 4.69) is 19.6 Å². The van der Waals surface area contributed by atoms with Gasteiger partial charge in [0.25, 0.3) is 0 Å². The van der Waals surface area contributed by atoms with Gasteiger partial charge in [0.05, 0.1) is 0 Å². The van der Waals surface area contributed by atoms with Crippen LogP contribution in [-0.2, 0) is 0 Å². The van der Waals surface area contributed by atoms with Gasteiger partial charge in [-0.2, -0.15) is 0 Å². The topological polar surface area (TPSA) is 0 Å². The van der Waals surface area contributed by atoms with Crippen molar-refractivity contribution in [2.45, 2.75) is 51.4 Å². The molecule has 0 spiro atoms. The van der Waals surface area contributed by atoms with E-state index in [1.807, 2.05) is 0 Å². The van der Waals surface area contributed by atoms with Crippen molar-refractivity contribution < 1.29 is 0 Å². The van der Waals surface area contributed by atoms with Crippen molar-refractivity contribution in [1.82, 2.24) is 0 Å². The molecule has 0 amide bonds. The minimum Gasteiger partial charge on any atom is -0.103 e. The standard InChI is InChI=1S/C15H25/c1-3-13-6-10-15(11-7-13)14-8-4-12(2)5-9-14/h3,12-15H,1-2,4-11H2/t12?,13-,14?,15-. The molecule has 0 aromatic heterocycles. The molecular weight excluding hydrogens is 180 g/mol. The van der Waals surface area contributed by atoms with Gasteiger partial charge in [-0.1, -0.05) is 25.8 Å². The van der Waals surface area contributed by atoms with Gasteiger partial charge in [0.1, 0.15) is 0 Å². The highest BCUT2D eigenvalue weighted by Crippen LogP contribution is 2.41. The van der Waals surface area contributed by atoms with Gasteiger partial charge in [0.2, 0.25) is 0 Å². The molecule has 0 N–H and O–H groups in total. The Balaban J connectivity index is 1.78. The van der Waals surface area contributed by atoms with Gasteiger partial charge in [-0.3, -0.25) is 0 Å². The minimum absolute atomic E-state index is 0.755. The normalized spacial score (nSPS) is 42.5. The second kappa shape index (κ2) is 5.18. The van der Waals surface area contributed by atoms with Gasteiger partial charge in [-0.25, -0.2) is 0 Å². The first-order valence-electron chi connectivity index (χ1n) is 6.75. The minimum atomic E-state index is 0.755. The van der Waals surface area contributed by atoms with Crippen molar-refractivity contribution in [3.05, 3.63) is 19.6 Å². The molecule has 0 aromatic rings. The summed E-state index contributed by atoms with van der Waals surface area (Å²) in [5, 5.41) is 0. The van der Waals surface area contributed by atoms with Gasteiger partial charge >= 0.3 is 0 Å². The molecule has 0 bridgehead atoms. The Morgan fingerprint density at radius 2 is 1.20 bits per heavy atom. The van der Waals surface area contributed by atoms with E-state index in [4.69, 9.17) is 0 Å². The predicted octanol–water partition coefficient (Wildman–Crippen LogP) is 4.62. The summed E-state index contributed by atoms with van der Waals surface area (Å²) in [6, 6.07) is 0. The monoisotopic (exact) mass is 205 g/mol. The molecular formula is C15H25. The van der Waals surface area contributed by atoms with Crippen LogP contribution in [0.1, 0.15) is 51.4 Å². The van der Waals surface area contributed by atoms with E-state index >= 15 is 0 Å². The lowest BCUT2D eigenvalue weighted by atomic mass is 9.69. The number of allylic oxidation sites excluding steroid dienone is 1. The molecule has 0 unspecified atom stereocenters. The average Bonchev–Trinajstić information content (AvgIpc) is 2.30. The SMILES string of the molecule is [CH2]C1CCC([C@H]2CC[C@H](C=C)CC2)CC1. The van der Waals surface area contributed by atoms with Gasteiger partial charge in [0.15, 0.2) is 0 Å². The maximum atomic E-state index is 4.19. The summed E-state index contributed by atoms with van der Waals surface area (Å²) in [5.74, 6) is 3.65. The van der Waals surface area contributed by atoms with Crippen molar-refractivity contribution in [2.24, 2.45) is 23.7 Å². The molecule has 15 heavy (non-hydrogen) atoms. The van der Waals surface area contributed by atoms with Crippen molar-refractivity contribution in [3.8, 4) is 0 Å². The van der Waals surface area contributed by atoms with Crippen LogP contribution in [0.4, 0.5) is 0 Å². The summed E-state index contributed by atoms with van der Waals surface area (Å²) in [6.07, 6.45) is 13.6. The first-order valence-corrected chi connectivity index (χ1v) is 6.75. The quantitative estimate of drug-likeness (QED) is 0.577. The summed E-state index contributed by atoms with van der Waals surface area (Å²) in [4.78, 5) is 0. The van der Waals surface area contributed by atoms with E-state index in [-0.39, 0.29) is 0 Å². The molecule has 0 saturated heterocycles. The molecule has 85 valence electrons.